The zero-order chi connectivity index (χ0) is 17.2. The fourth-order valence-corrected chi connectivity index (χ4v) is 3.66. The molecule has 4 heteroatoms. The minimum Gasteiger partial charge on any atom is -0.337 e. The van der Waals surface area contributed by atoms with E-state index in [1.165, 1.54) is 5.56 Å². The summed E-state index contributed by atoms with van der Waals surface area (Å²) < 4.78 is 1.94. The van der Waals surface area contributed by atoms with Crippen LogP contribution in [0.2, 0.25) is 0 Å². The van der Waals surface area contributed by atoms with Gasteiger partial charge >= 0.3 is 0 Å². The number of hydrogen-bond donors (Lipinski definition) is 0. The molecule has 4 nitrogen and oxygen atoms in total. The Labute approximate surface area is 148 Å². The Morgan fingerprint density at radius 1 is 1.08 bits per heavy atom. The molecule has 0 bridgehead atoms. The Hall–Kier alpha value is -2.62. The molecule has 0 saturated carbocycles. The van der Waals surface area contributed by atoms with Crippen LogP contribution in [0.1, 0.15) is 34.5 Å². The number of likely N-dealkylation sites (tertiary alicyclic amines) is 1. The smallest absolute Gasteiger partial charge is 0.274 e. The maximum atomic E-state index is 12.8. The minimum absolute atomic E-state index is 0.0551. The average molecular weight is 333 g/mol. The van der Waals surface area contributed by atoms with Crippen LogP contribution in [0.4, 0.5) is 0 Å². The number of amides is 1. The maximum Gasteiger partial charge on any atom is 0.274 e. The molecule has 1 aliphatic rings. The van der Waals surface area contributed by atoms with Gasteiger partial charge in [-0.2, -0.15) is 0 Å². The van der Waals surface area contributed by atoms with E-state index in [2.05, 4.69) is 35.3 Å². The third-order valence-corrected chi connectivity index (χ3v) is 5.09. The van der Waals surface area contributed by atoms with Gasteiger partial charge in [0.2, 0.25) is 0 Å². The molecule has 1 aromatic carbocycles. The average Bonchev–Trinajstić information content (AvgIpc) is 3.06. The van der Waals surface area contributed by atoms with Crippen molar-refractivity contribution in [1.29, 1.82) is 0 Å². The highest BCUT2D eigenvalue weighted by molar-refractivity contribution is 5.93. The molecular weight excluding hydrogens is 310 g/mol. The van der Waals surface area contributed by atoms with E-state index in [-0.39, 0.29) is 5.91 Å². The summed E-state index contributed by atoms with van der Waals surface area (Å²) in [7, 11) is 0. The number of piperidine rings is 1. The lowest BCUT2D eigenvalue weighted by atomic mass is 9.90. The summed E-state index contributed by atoms with van der Waals surface area (Å²) in [6.07, 6.45) is 7.09. The van der Waals surface area contributed by atoms with Gasteiger partial charge in [0.25, 0.3) is 5.91 Å². The molecule has 0 aliphatic carbocycles. The molecule has 128 valence electrons. The fraction of sp³-hybridized carbons (Fsp3) is 0.333. The number of benzene rings is 1. The van der Waals surface area contributed by atoms with E-state index >= 15 is 0 Å². The number of aromatic nitrogens is 2. The van der Waals surface area contributed by atoms with Gasteiger partial charge in [-0.1, -0.05) is 36.4 Å². The van der Waals surface area contributed by atoms with E-state index in [1.807, 2.05) is 40.8 Å². The lowest BCUT2D eigenvalue weighted by molar-refractivity contribution is 0.0685. The second-order valence-electron chi connectivity index (χ2n) is 7.02. The molecule has 0 radical (unpaired) electrons. The largest absolute Gasteiger partial charge is 0.337 e. The highest BCUT2D eigenvalue weighted by Crippen LogP contribution is 2.23. The van der Waals surface area contributed by atoms with E-state index in [0.717, 1.165) is 43.6 Å². The van der Waals surface area contributed by atoms with Crippen molar-refractivity contribution in [3.63, 3.8) is 0 Å². The molecule has 4 rings (SSSR count). The monoisotopic (exact) mass is 333 g/mol. The standard InChI is InChI=1S/C21H23N3O/c1-16-7-8-20-22-19(15-24(20)14-16)21(25)23-11-9-18(10-12-23)13-17-5-3-2-4-6-17/h2-8,14-15,18H,9-13H2,1H3. The number of carbonyl (C=O) groups excluding carboxylic acids is 1. The maximum absolute atomic E-state index is 12.8. The van der Waals surface area contributed by atoms with Crippen molar-refractivity contribution in [1.82, 2.24) is 14.3 Å². The van der Waals surface area contributed by atoms with E-state index in [1.54, 1.807) is 0 Å². The summed E-state index contributed by atoms with van der Waals surface area (Å²) in [5.41, 5.74) is 3.92. The number of pyridine rings is 1. The Kier molecular flexibility index (Phi) is 4.26. The predicted octanol–water partition coefficient (Wildman–Crippen LogP) is 3.74. The van der Waals surface area contributed by atoms with Crippen LogP contribution < -0.4 is 0 Å². The van der Waals surface area contributed by atoms with Gasteiger partial charge in [-0.15, -0.1) is 0 Å². The van der Waals surface area contributed by atoms with Gasteiger partial charge in [0.1, 0.15) is 11.3 Å². The van der Waals surface area contributed by atoms with Crippen LogP contribution in [-0.4, -0.2) is 33.3 Å². The summed E-state index contributed by atoms with van der Waals surface area (Å²) in [4.78, 5) is 19.2. The van der Waals surface area contributed by atoms with Gasteiger partial charge in [-0.05, 0) is 49.3 Å². The topological polar surface area (TPSA) is 37.6 Å². The zero-order valence-electron chi connectivity index (χ0n) is 14.6. The zero-order valence-corrected chi connectivity index (χ0v) is 14.6. The summed E-state index contributed by atoms with van der Waals surface area (Å²) >= 11 is 0. The van der Waals surface area contributed by atoms with Gasteiger partial charge in [0, 0.05) is 25.5 Å². The van der Waals surface area contributed by atoms with E-state index in [9.17, 15) is 4.79 Å². The number of nitrogens with zero attached hydrogens (tertiary/aromatic N) is 3. The van der Waals surface area contributed by atoms with Crippen LogP contribution in [-0.2, 0) is 6.42 Å². The first kappa shape index (κ1) is 15.9. The first-order valence-corrected chi connectivity index (χ1v) is 8.97. The van der Waals surface area contributed by atoms with Crippen molar-refractivity contribution >= 4 is 11.6 Å². The molecule has 0 spiro atoms. The van der Waals surface area contributed by atoms with Gasteiger partial charge in [0.05, 0.1) is 0 Å². The van der Waals surface area contributed by atoms with E-state index in [4.69, 9.17) is 0 Å². The summed E-state index contributed by atoms with van der Waals surface area (Å²) in [5.74, 6) is 0.717. The number of carbonyl (C=O) groups is 1. The van der Waals surface area contributed by atoms with Gasteiger partial charge in [-0.25, -0.2) is 4.98 Å². The fourth-order valence-electron chi connectivity index (χ4n) is 3.66. The van der Waals surface area contributed by atoms with E-state index in [0.29, 0.717) is 11.6 Å². The minimum atomic E-state index is 0.0551. The van der Waals surface area contributed by atoms with Crippen LogP contribution in [0.5, 0.6) is 0 Å². The van der Waals surface area contributed by atoms with Crippen molar-refractivity contribution < 1.29 is 4.79 Å². The first-order chi connectivity index (χ1) is 12.2. The molecule has 2 aromatic heterocycles. The third kappa shape index (κ3) is 3.43. The number of fused-ring (bicyclic) bond motifs is 1. The molecule has 0 atom stereocenters. The van der Waals surface area contributed by atoms with Crippen LogP contribution >= 0.6 is 0 Å². The molecule has 0 N–H and O–H groups in total. The Morgan fingerprint density at radius 3 is 2.60 bits per heavy atom. The van der Waals surface area contributed by atoms with Crippen molar-refractivity contribution in [3.05, 3.63) is 71.7 Å². The quantitative estimate of drug-likeness (QED) is 0.732. The van der Waals surface area contributed by atoms with Gasteiger partial charge < -0.3 is 9.30 Å². The lowest BCUT2D eigenvalue weighted by Crippen LogP contribution is -2.39. The number of aryl methyl sites for hydroxylation is 1. The van der Waals surface area contributed by atoms with Crippen LogP contribution in [0.15, 0.2) is 54.9 Å². The van der Waals surface area contributed by atoms with Gasteiger partial charge in [0.15, 0.2) is 0 Å². The van der Waals surface area contributed by atoms with E-state index < -0.39 is 0 Å². The summed E-state index contributed by atoms with van der Waals surface area (Å²) in [6, 6.07) is 14.6. The Morgan fingerprint density at radius 2 is 1.84 bits per heavy atom. The molecular formula is C21H23N3O. The molecule has 3 heterocycles. The highest BCUT2D eigenvalue weighted by atomic mass is 16.2. The van der Waals surface area contributed by atoms with Crippen molar-refractivity contribution in [2.75, 3.05) is 13.1 Å². The van der Waals surface area contributed by atoms with Crippen molar-refractivity contribution in [2.45, 2.75) is 26.2 Å². The summed E-state index contributed by atoms with van der Waals surface area (Å²) in [6.45, 7) is 3.69. The highest BCUT2D eigenvalue weighted by Gasteiger charge is 2.25. The normalized spacial score (nSPS) is 15.6. The van der Waals surface area contributed by atoms with Crippen LogP contribution in [0, 0.1) is 12.8 Å². The second-order valence-corrected chi connectivity index (χ2v) is 7.02. The Bertz CT molecular complexity index is 877. The molecule has 1 saturated heterocycles. The third-order valence-electron chi connectivity index (χ3n) is 5.09. The lowest BCUT2D eigenvalue weighted by Gasteiger charge is -2.31. The molecule has 1 amide bonds. The number of rotatable bonds is 3. The SMILES string of the molecule is Cc1ccc2nc(C(=O)N3CCC(Cc4ccccc4)CC3)cn2c1. The van der Waals surface area contributed by atoms with Crippen molar-refractivity contribution in [2.24, 2.45) is 5.92 Å². The van der Waals surface area contributed by atoms with Gasteiger partial charge in [-0.3, -0.25) is 4.79 Å². The van der Waals surface area contributed by atoms with Crippen molar-refractivity contribution in [3.8, 4) is 0 Å². The predicted molar refractivity (Wildman–Crippen MR) is 98.7 cm³/mol. The van der Waals surface area contributed by atoms with Crippen LogP contribution in [0.3, 0.4) is 0 Å². The molecule has 3 aromatic rings. The molecule has 1 fully saturated rings. The molecule has 1 aliphatic heterocycles. The summed E-state index contributed by atoms with van der Waals surface area (Å²) in [5, 5.41) is 0. The molecule has 0 unspecified atom stereocenters. The Balaban J connectivity index is 1.40. The second kappa shape index (κ2) is 6.71. The molecule has 25 heavy (non-hydrogen) atoms. The number of hydrogen-bond acceptors (Lipinski definition) is 2. The van der Waals surface area contributed by atoms with Crippen LogP contribution in [0.25, 0.3) is 5.65 Å². The number of imidazole rings is 1. The first-order valence-electron chi connectivity index (χ1n) is 8.97.